The van der Waals surface area contributed by atoms with Crippen LogP contribution in [0, 0.1) is 17.0 Å². The summed E-state index contributed by atoms with van der Waals surface area (Å²) in [6.45, 7) is 1.96. The van der Waals surface area contributed by atoms with Gasteiger partial charge in [0.05, 0.1) is 10.6 Å². The van der Waals surface area contributed by atoms with E-state index >= 15 is 0 Å². The standard InChI is InChI=1S/C17H12Cl2N2O3S/c1-10-6-8-11(9-7-10)25-15(16(18)19)14(21(22)23)17-20-12-4-2-3-5-13(12)24-17/h2-9,20H,1H3/b17-14+. The van der Waals surface area contributed by atoms with E-state index in [1.807, 2.05) is 31.2 Å². The fraction of sp³-hybridized carbons (Fsp3) is 0.0588. The van der Waals surface area contributed by atoms with Gasteiger partial charge in [-0.05, 0) is 31.2 Å². The van der Waals surface area contributed by atoms with Gasteiger partial charge in [0, 0.05) is 4.90 Å². The third kappa shape index (κ3) is 3.92. The fourth-order valence-electron chi connectivity index (χ4n) is 2.19. The van der Waals surface area contributed by atoms with E-state index in [0.717, 1.165) is 22.2 Å². The zero-order valence-electron chi connectivity index (χ0n) is 13.0. The molecule has 1 aliphatic rings. The van der Waals surface area contributed by atoms with Crippen molar-refractivity contribution in [2.75, 3.05) is 5.32 Å². The molecule has 5 nitrogen and oxygen atoms in total. The predicted molar refractivity (Wildman–Crippen MR) is 100 cm³/mol. The van der Waals surface area contributed by atoms with Crippen molar-refractivity contribution >= 4 is 40.7 Å². The first-order valence-electron chi connectivity index (χ1n) is 7.18. The molecule has 2 aromatic carbocycles. The van der Waals surface area contributed by atoms with Crippen LogP contribution in [0.1, 0.15) is 5.56 Å². The molecule has 0 radical (unpaired) electrons. The molecule has 0 unspecified atom stereocenters. The Balaban J connectivity index is 2.01. The van der Waals surface area contributed by atoms with Gasteiger partial charge in [-0.1, -0.05) is 64.8 Å². The van der Waals surface area contributed by atoms with Crippen molar-refractivity contribution in [3.05, 3.63) is 85.2 Å². The van der Waals surface area contributed by atoms with Crippen molar-refractivity contribution in [3.63, 3.8) is 0 Å². The molecular weight excluding hydrogens is 383 g/mol. The molecule has 1 aliphatic heterocycles. The summed E-state index contributed by atoms with van der Waals surface area (Å²) in [6.07, 6.45) is 0. The number of rotatable bonds is 4. The first-order chi connectivity index (χ1) is 12.0. The summed E-state index contributed by atoms with van der Waals surface area (Å²) in [5.41, 5.74) is 1.40. The highest BCUT2D eigenvalue weighted by Crippen LogP contribution is 2.41. The van der Waals surface area contributed by atoms with E-state index < -0.39 is 4.92 Å². The zero-order chi connectivity index (χ0) is 18.0. The largest absolute Gasteiger partial charge is 0.433 e. The maximum Gasteiger partial charge on any atom is 0.345 e. The lowest BCUT2D eigenvalue weighted by Gasteiger charge is -2.08. The Morgan fingerprint density at radius 3 is 2.44 bits per heavy atom. The van der Waals surface area contributed by atoms with Crippen LogP contribution in [-0.2, 0) is 0 Å². The monoisotopic (exact) mass is 394 g/mol. The molecule has 0 spiro atoms. The second-order valence-corrected chi connectivity index (χ2v) is 7.20. The SMILES string of the molecule is Cc1ccc(SC(=C(Cl)Cl)/C(=C2/Nc3ccccc3O2)[N+](=O)[O-])cc1. The number of hydrogen-bond donors (Lipinski definition) is 1. The first kappa shape index (κ1) is 17.7. The first-order valence-corrected chi connectivity index (χ1v) is 8.75. The van der Waals surface area contributed by atoms with Gasteiger partial charge in [0.15, 0.2) is 5.75 Å². The summed E-state index contributed by atoms with van der Waals surface area (Å²) >= 11 is 13.0. The summed E-state index contributed by atoms with van der Waals surface area (Å²) in [5.74, 6) is 0.488. The van der Waals surface area contributed by atoms with Crippen LogP contribution in [0.4, 0.5) is 5.69 Å². The number of hydrogen-bond acceptors (Lipinski definition) is 5. The van der Waals surface area contributed by atoms with E-state index in [1.165, 1.54) is 0 Å². The lowest BCUT2D eigenvalue weighted by molar-refractivity contribution is -0.422. The summed E-state index contributed by atoms with van der Waals surface area (Å²) in [4.78, 5) is 12.0. The van der Waals surface area contributed by atoms with Crippen molar-refractivity contribution in [1.29, 1.82) is 0 Å². The highest BCUT2D eigenvalue weighted by atomic mass is 35.5. The van der Waals surface area contributed by atoms with Gasteiger partial charge in [-0.3, -0.25) is 10.1 Å². The molecule has 8 heteroatoms. The number of halogens is 2. The average molecular weight is 395 g/mol. The molecular formula is C17H12Cl2N2O3S. The van der Waals surface area contributed by atoms with E-state index in [2.05, 4.69) is 5.32 Å². The highest BCUT2D eigenvalue weighted by Gasteiger charge is 2.33. The van der Waals surface area contributed by atoms with E-state index in [4.69, 9.17) is 27.9 Å². The second-order valence-electron chi connectivity index (χ2n) is 5.16. The van der Waals surface area contributed by atoms with E-state index in [-0.39, 0.29) is 21.0 Å². The number of fused-ring (bicyclic) bond motifs is 1. The van der Waals surface area contributed by atoms with Crippen molar-refractivity contribution in [3.8, 4) is 5.75 Å². The molecule has 0 atom stereocenters. The minimum atomic E-state index is -0.560. The average Bonchev–Trinajstić information content (AvgIpc) is 2.99. The Kier molecular flexibility index (Phi) is 5.22. The maximum atomic E-state index is 11.7. The Morgan fingerprint density at radius 2 is 1.84 bits per heavy atom. The van der Waals surface area contributed by atoms with Gasteiger partial charge < -0.3 is 10.1 Å². The van der Waals surface area contributed by atoms with Gasteiger partial charge in [0.25, 0.3) is 5.88 Å². The van der Waals surface area contributed by atoms with Crippen LogP contribution in [0.5, 0.6) is 5.75 Å². The maximum absolute atomic E-state index is 11.7. The fourth-order valence-corrected chi connectivity index (χ4v) is 3.45. The Labute approximate surface area is 158 Å². The molecule has 0 aromatic heterocycles. The number of para-hydroxylation sites is 2. The van der Waals surface area contributed by atoms with Crippen molar-refractivity contribution < 1.29 is 9.66 Å². The molecule has 0 bridgehead atoms. The van der Waals surface area contributed by atoms with Crippen molar-refractivity contribution in [1.82, 2.24) is 0 Å². The third-order valence-corrected chi connectivity index (χ3v) is 5.08. The number of nitrogens with zero attached hydrogens (tertiary/aromatic N) is 1. The van der Waals surface area contributed by atoms with Crippen molar-refractivity contribution in [2.45, 2.75) is 11.8 Å². The van der Waals surface area contributed by atoms with E-state index in [1.54, 1.807) is 24.3 Å². The number of aryl methyl sites for hydroxylation is 1. The molecule has 25 heavy (non-hydrogen) atoms. The predicted octanol–water partition coefficient (Wildman–Crippen LogP) is 5.68. The number of thioether (sulfide) groups is 1. The number of nitro groups is 1. The molecule has 1 heterocycles. The van der Waals surface area contributed by atoms with Crippen LogP contribution in [0.2, 0.25) is 0 Å². The van der Waals surface area contributed by atoms with E-state index in [0.29, 0.717) is 11.4 Å². The normalized spacial score (nSPS) is 14.2. The number of benzene rings is 2. The van der Waals surface area contributed by atoms with Gasteiger partial charge in [-0.2, -0.15) is 0 Å². The molecule has 0 saturated carbocycles. The Morgan fingerprint density at radius 1 is 1.16 bits per heavy atom. The number of anilines is 1. The van der Waals surface area contributed by atoms with Crippen LogP contribution in [0.3, 0.4) is 0 Å². The lowest BCUT2D eigenvalue weighted by atomic mass is 10.2. The van der Waals surface area contributed by atoms with Crippen LogP contribution < -0.4 is 10.1 Å². The number of nitrogens with one attached hydrogen (secondary N) is 1. The van der Waals surface area contributed by atoms with Gasteiger partial charge in [0.1, 0.15) is 9.40 Å². The minimum Gasteiger partial charge on any atom is -0.433 e. The van der Waals surface area contributed by atoms with Gasteiger partial charge in [0.2, 0.25) is 0 Å². The highest BCUT2D eigenvalue weighted by molar-refractivity contribution is 8.03. The molecule has 0 saturated heterocycles. The summed E-state index contributed by atoms with van der Waals surface area (Å²) in [6, 6.07) is 14.6. The topological polar surface area (TPSA) is 64.4 Å². The molecule has 0 aliphatic carbocycles. The number of ether oxygens (including phenoxy) is 1. The van der Waals surface area contributed by atoms with Crippen LogP contribution >= 0.6 is 35.0 Å². The van der Waals surface area contributed by atoms with E-state index in [9.17, 15) is 10.1 Å². The van der Waals surface area contributed by atoms with Gasteiger partial charge in [-0.25, -0.2) is 0 Å². The van der Waals surface area contributed by atoms with Gasteiger partial charge >= 0.3 is 5.70 Å². The molecule has 128 valence electrons. The Bertz CT molecular complexity index is 864. The molecule has 1 N–H and O–H groups in total. The summed E-state index contributed by atoms with van der Waals surface area (Å²) < 4.78 is 5.38. The second kappa shape index (κ2) is 7.39. The van der Waals surface area contributed by atoms with Crippen LogP contribution in [0.25, 0.3) is 0 Å². The van der Waals surface area contributed by atoms with Crippen LogP contribution in [0.15, 0.2) is 74.4 Å². The Hall–Kier alpha value is -2.15. The molecule has 2 aromatic rings. The van der Waals surface area contributed by atoms with Crippen molar-refractivity contribution in [2.24, 2.45) is 0 Å². The molecule has 0 amide bonds. The lowest BCUT2D eigenvalue weighted by Crippen LogP contribution is -2.11. The van der Waals surface area contributed by atoms with Gasteiger partial charge in [-0.15, -0.1) is 0 Å². The summed E-state index contributed by atoms with van der Waals surface area (Å²) in [5, 5.41) is 14.6. The minimum absolute atomic E-state index is 0.0142. The quantitative estimate of drug-likeness (QED) is 0.410. The zero-order valence-corrected chi connectivity index (χ0v) is 15.3. The van der Waals surface area contributed by atoms with Crippen LogP contribution in [-0.4, -0.2) is 4.92 Å². The third-order valence-electron chi connectivity index (χ3n) is 3.37. The molecule has 3 rings (SSSR count). The molecule has 0 fully saturated rings. The summed E-state index contributed by atoms with van der Waals surface area (Å²) in [7, 11) is 0. The smallest absolute Gasteiger partial charge is 0.345 e.